The van der Waals surface area contributed by atoms with Crippen LogP contribution in [0.2, 0.25) is 0 Å². The van der Waals surface area contributed by atoms with Crippen LogP contribution < -0.4 is 4.90 Å². The van der Waals surface area contributed by atoms with Crippen molar-refractivity contribution in [3.63, 3.8) is 0 Å². The van der Waals surface area contributed by atoms with E-state index < -0.39 is 0 Å². The maximum atomic E-state index is 12.7. The van der Waals surface area contributed by atoms with Gasteiger partial charge in [-0.25, -0.2) is 4.98 Å². The Labute approximate surface area is 130 Å². The molecule has 116 valence electrons. The van der Waals surface area contributed by atoms with Crippen molar-refractivity contribution < 1.29 is 9.53 Å². The molecule has 1 amide bonds. The van der Waals surface area contributed by atoms with E-state index in [1.807, 2.05) is 11.0 Å². The van der Waals surface area contributed by atoms with Gasteiger partial charge in [0.05, 0.1) is 19.1 Å². The van der Waals surface area contributed by atoms with Crippen LogP contribution in [-0.2, 0) is 9.53 Å². The lowest BCUT2D eigenvalue weighted by Gasteiger charge is -2.30. The Kier molecular flexibility index (Phi) is 4.25. The molecule has 22 heavy (non-hydrogen) atoms. The average Bonchev–Trinajstić information content (AvgIpc) is 2.97. The van der Waals surface area contributed by atoms with E-state index in [2.05, 4.69) is 22.9 Å². The highest BCUT2D eigenvalue weighted by molar-refractivity contribution is 5.80. The summed E-state index contributed by atoms with van der Waals surface area (Å²) >= 11 is 0. The predicted molar refractivity (Wildman–Crippen MR) is 81.2 cm³/mol. The average molecular weight is 300 g/mol. The molecule has 3 rings (SSSR count). The van der Waals surface area contributed by atoms with E-state index in [0.29, 0.717) is 44.5 Å². The smallest absolute Gasteiger partial charge is 0.227 e. The van der Waals surface area contributed by atoms with Gasteiger partial charge in [0, 0.05) is 38.1 Å². The van der Waals surface area contributed by atoms with Crippen LogP contribution in [0.25, 0.3) is 0 Å². The Bertz CT molecular complexity index is 592. The maximum Gasteiger partial charge on any atom is 0.227 e. The summed E-state index contributed by atoms with van der Waals surface area (Å²) in [6.07, 6.45) is 1.65. The maximum absolute atomic E-state index is 12.7. The SMILES string of the molecule is C[C@@H]1CN(c2ccnc(C#N)c2)C[C@H]1C(=O)N1CCOCC1. The summed E-state index contributed by atoms with van der Waals surface area (Å²) in [4.78, 5) is 20.8. The second kappa shape index (κ2) is 6.32. The fourth-order valence-corrected chi connectivity index (χ4v) is 3.19. The number of pyridine rings is 1. The predicted octanol–water partition coefficient (Wildman–Crippen LogP) is 0.884. The molecule has 0 aromatic carbocycles. The molecular weight excluding hydrogens is 280 g/mol. The number of carbonyl (C=O) groups is 1. The number of hydrogen-bond donors (Lipinski definition) is 0. The van der Waals surface area contributed by atoms with E-state index in [9.17, 15) is 4.79 Å². The van der Waals surface area contributed by atoms with Crippen LogP contribution >= 0.6 is 0 Å². The number of rotatable bonds is 2. The van der Waals surface area contributed by atoms with Crippen LogP contribution in [0.15, 0.2) is 18.3 Å². The lowest BCUT2D eigenvalue weighted by molar-refractivity contribution is -0.140. The standard InChI is InChI=1S/C16H20N4O2/c1-12-10-20(14-2-3-18-13(8-14)9-17)11-15(12)16(21)19-4-6-22-7-5-19/h2-3,8,12,15H,4-7,10-11H2,1H3/t12-,15-/m1/s1. The molecule has 2 atom stereocenters. The fourth-order valence-electron chi connectivity index (χ4n) is 3.19. The number of hydrogen-bond acceptors (Lipinski definition) is 5. The largest absolute Gasteiger partial charge is 0.378 e. The summed E-state index contributed by atoms with van der Waals surface area (Å²) < 4.78 is 5.31. The number of carbonyl (C=O) groups excluding carboxylic acids is 1. The molecule has 2 aliphatic heterocycles. The molecule has 1 aromatic heterocycles. The summed E-state index contributed by atoms with van der Waals surface area (Å²) in [5.74, 6) is 0.540. The summed E-state index contributed by atoms with van der Waals surface area (Å²) in [7, 11) is 0. The van der Waals surface area contributed by atoms with Gasteiger partial charge in [-0.15, -0.1) is 0 Å². The van der Waals surface area contributed by atoms with Gasteiger partial charge in [-0.1, -0.05) is 6.92 Å². The van der Waals surface area contributed by atoms with Gasteiger partial charge in [-0.2, -0.15) is 5.26 Å². The molecule has 0 bridgehead atoms. The lowest BCUT2D eigenvalue weighted by atomic mass is 9.96. The summed E-state index contributed by atoms with van der Waals surface area (Å²) in [6.45, 7) is 6.29. The second-order valence-electron chi connectivity index (χ2n) is 5.94. The highest BCUT2D eigenvalue weighted by atomic mass is 16.5. The van der Waals surface area contributed by atoms with Gasteiger partial charge in [-0.3, -0.25) is 4.79 Å². The van der Waals surface area contributed by atoms with Crippen LogP contribution in [0.4, 0.5) is 5.69 Å². The molecule has 0 spiro atoms. The fraction of sp³-hybridized carbons (Fsp3) is 0.562. The molecule has 6 heteroatoms. The minimum Gasteiger partial charge on any atom is -0.378 e. The highest BCUT2D eigenvalue weighted by Crippen LogP contribution is 2.29. The zero-order valence-corrected chi connectivity index (χ0v) is 12.7. The molecule has 0 radical (unpaired) electrons. The third-order valence-corrected chi connectivity index (χ3v) is 4.48. The van der Waals surface area contributed by atoms with Gasteiger partial charge >= 0.3 is 0 Å². The molecule has 3 heterocycles. The minimum absolute atomic E-state index is 0.0109. The zero-order chi connectivity index (χ0) is 15.5. The number of amides is 1. The van der Waals surface area contributed by atoms with Crippen LogP contribution in [-0.4, -0.2) is 55.2 Å². The highest BCUT2D eigenvalue weighted by Gasteiger charge is 2.37. The van der Waals surface area contributed by atoms with E-state index in [1.165, 1.54) is 0 Å². The van der Waals surface area contributed by atoms with Crippen molar-refractivity contribution in [2.75, 3.05) is 44.3 Å². The van der Waals surface area contributed by atoms with Crippen LogP contribution in [0.1, 0.15) is 12.6 Å². The normalized spacial score (nSPS) is 25.1. The van der Waals surface area contributed by atoms with Crippen molar-refractivity contribution in [2.24, 2.45) is 11.8 Å². The Hall–Kier alpha value is -2.13. The van der Waals surface area contributed by atoms with E-state index in [-0.39, 0.29) is 11.8 Å². The monoisotopic (exact) mass is 300 g/mol. The number of ether oxygens (including phenoxy) is 1. The van der Waals surface area contributed by atoms with E-state index in [1.54, 1.807) is 12.3 Å². The van der Waals surface area contributed by atoms with Crippen molar-refractivity contribution in [1.82, 2.24) is 9.88 Å². The topological polar surface area (TPSA) is 69.5 Å². The van der Waals surface area contributed by atoms with Gasteiger partial charge in [0.2, 0.25) is 5.91 Å². The molecule has 1 aromatic rings. The van der Waals surface area contributed by atoms with Crippen molar-refractivity contribution in [1.29, 1.82) is 5.26 Å². The molecule has 6 nitrogen and oxygen atoms in total. The first-order valence-electron chi connectivity index (χ1n) is 7.66. The second-order valence-corrected chi connectivity index (χ2v) is 5.94. The minimum atomic E-state index is 0.0109. The summed E-state index contributed by atoms with van der Waals surface area (Å²) in [5.41, 5.74) is 1.38. The molecule has 0 N–H and O–H groups in total. The van der Waals surface area contributed by atoms with Crippen molar-refractivity contribution in [3.8, 4) is 6.07 Å². The van der Waals surface area contributed by atoms with Crippen molar-refractivity contribution in [3.05, 3.63) is 24.0 Å². The molecule has 0 saturated carbocycles. The summed E-state index contributed by atoms with van der Waals surface area (Å²) in [6, 6.07) is 5.74. The van der Waals surface area contributed by atoms with Gasteiger partial charge in [0.25, 0.3) is 0 Å². The van der Waals surface area contributed by atoms with Gasteiger partial charge in [0.15, 0.2) is 0 Å². The molecular formula is C16H20N4O2. The molecule has 0 unspecified atom stereocenters. The van der Waals surface area contributed by atoms with Crippen LogP contribution in [0, 0.1) is 23.2 Å². The third-order valence-electron chi connectivity index (χ3n) is 4.48. The lowest BCUT2D eigenvalue weighted by Crippen LogP contribution is -2.45. The quantitative estimate of drug-likeness (QED) is 0.811. The molecule has 2 aliphatic rings. The number of aromatic nitrogens is 1. The molecule has 2 saturated heterocycles. The number of nitrogens with zero attached hydrogens (tertiary/aromatic N) is 4. The van der Waals surface area contributed by atoms with Gasteiger partial charge in [0.1, 0.15) is 11.8 Å². The third kappa shape index (κ3) is 2.90. The van der Waals surface area contributed by atoms with E-state index >= 15 is 0 Å². The number of anilines is 1. The zero-order valence-electron chi connectivity index (χ0n) is 12.7. The first-order chi connectivity index (χ1) is 10.7. The van der Waals surface area contributed by atoms with Gasteiger partial charge in [-0.05, 0) is 18.1 Å². The Morgan fingerprint density at radius 1 is 1.41 bits per heavy atom. The molecule has 2 fully saturated rings. The van der Waals surface area contributed by atoms with E-state index in [4.69, 9.17) is 10.00 Å². The molecule has 0 aliphatic carbocycles. The van der Waals surface area contributed by atoms with Gasteiger partial charge < -0.3 is 14.5 Å². The van der Waals surface area contributed by atoms with Crippen molar-refractivity contribution >= 4 is 11.6 Å². The van der Waals surface area contributed by atoms with Crippen LogP contribution in [0.3, 0.4) is 0 Å². The number of nitriles is 1. The Morgan fingerprint density at radius 3 is 2.91 bits per heavy atom. The van der Waals surface area contributed by atoms with E-state index in [0.717, 1.165) is 12.2 Å². The first-order valence-corrected chi connectivity index (χ1v) is 7.66. The number of morpholine rings is 1. The van der Waals surface area contributed by atoms with Crippen molar-refractivity contribution in [2.45, 2.75) is 6.92 Å². The van der Waals surface area contributed by atoms with Crippen LogP contribution in [0.5, 0.6) is 0 Å². The first kappa shape index (κ1) is 14.8. The summed E-state index contributed by atoms with van der Waals surface area (Å²) in [5, 5.41) is 8.96. The Morgan fingerprint density at radius 2 is 2.18 bits per heavy atom. The Balaban J connectivity index is 1.71.